The van der Waals surface area contributed by atoms with E-state index in [-0.39, 0.29) is 42.7 Å². The molecular formula is C32H34N2O5. The second-order valence-corrected chi connectivity index (χ2v) is 10.4. The summed E-state index contributed by atoms with van der Waals surface area (Å²) in [6.07, 6.45) is 2.88. The molecule has 0 spiro atoms. The number of ether oxygens (including phenoxy) is 1. The molecule has 1 aliphatic heterocycles. The first-order valence-corrected chi connectivity index (χ1v) is 13.4. The third kappa shape index (κ3) is 6.25. The van der Waals surface area contributed by atoms with Crippen LogP contribution in [0.2, 0.25) is 0 Å². The van der Waals surface area contributed by atoms with Crippen LogP contribution in [0.15, 0.2) is 81.8 Å². The first kappa shape index (κ1) is 26.4. The maximum Gasteiger partial charge on any atom is 0.287 e. The first-order chi connectivity index (χ1) is 18.9. The molecule has 7 nitrogen and oxygen atoms in total. The fourth-order valence-electron chi connectivity index (χ4n) is 4.93. The lowest BCUT2D eigenvalue weighted by atomic mass is 9.87. The van der Waals surface area contributed by atoms with Crippen LogP contribution in [0.5, 0.6) is 5.75 Å². The van der Waals surface area contributed by atoms with E-state index < -0.39 is 0 Å². The van der Waals surface area contributed by atoms with Gasteiger partial charge in [0.15, 0.2) is 5.76 Å². The van der Waals surface area contributed by atoms with E-state index in [1.807, 2.05) is 17.0 Å². The molecule has 0 bridgehead atoms. The smallest absolute Gasteiger partial charge is 0.287 e. The predicted molar refractivity (Wildman–Crippen MR) is 147 cm³/mol. The van der Waals surface area contributed by atoms with Gasteiger partial charge in [0.1, 0.15) is 23.9 Å². The summed E-state index contributed by atoms with van der Waals surface area (Å²) in [5.41, 5.74) is 4.57. The third-order valence-electron chi connectivity index (χ3n) is 6.91. The lowest BCUT2D eigenvalue weighted by Gasteiger charge is -2.38. The maximum absolute atomic E-state index is 13.3. The van der Waals surface area contributed by atoms with Gasteiger partial charge in [-0.05, 0) is 72.4 Å². The van der Waals surface area contributed by atoms with Gasteiger partial charge in [0, 0.05) is 13.0 Å². The molecule has 0 saturated carbocycles. The second kappa shape index (κ2) is 11.6. The minimum atomic E-state index is -0.321. The van der Waals surface area contributed by atoms with Crippen molar-refractivity contribution in [1.29, 1.82) is 0 Å². The molecule has 0 saturated heterocycles. The summed E-state index contributed by atoms with van der Waals surface area (Å²) in [4.78, 5) is 27.7. The molecule has 39 heavy (non-hydrogen) atoms. The summed E-state index contributed by atoms with van der Waals surface area (Å²) in [6.45, 7) is 7.36. The van der Waals surface area contributed by atoms with E-state index in [0.29, 0.717) is 30.2 Å². The van der Waals surface area contributed by atoms with Crippen LogP contribution in [0.25, 0.3) is 0 Å². The Balaban J connectivity index is 1.32. The standard InChI is InChI=1S/C32H34N2O5/c1-21(2)17-30(35)34-15-14-23-10-11-25(18-28(23)31(34)24-8-6-22(3)7-9-24)38-20-27-12-13-29(39-27)32(36)33-19-26-5-4-16-37-26/h4-13,16,18,21,31H,14-15,17,19-20H2,1-3H3,(H,33,36). The number of rotatable bonds is 9. The van der Waals surface area contributed by atoms with Gasteiger partial charge in [0.25, 0.3) is 5.91 Å². The van der Waals surface area contributed by atoms with Crippen LogP contribution in [0.4, 0.5) is 0 Å². The predicted octanol–water partition coefficient (Wildman–Crippen LogP) is 6.21. The molecule has 1 unspecified atom stereocenters. The minimum Gasteiger partial charge on any atom is -0.486 e. The molecule has 0 radical (unpaired) electrons. The fraction of sp³-hybridized carbons (Fsp3) is 0.312. The van der Waals surface area contributed by atoms with Crippen molar-refractivity contribution in [2.45, 2.75) is 52.8 Å². The Hall–Kier alpha value is -4.26. The second-order valence-electron chi connectivity index (χ2n) is 10.4. The van der Waals surface area contributed by atoms with Crippen LogP contribution in [-0.2, 0) is 24.4 Å². The number of furan rings is 2. The van der Waals surface area contributed by atoms with Crippen molar-refractivity contribution in [2.75, 3.05) is 6.54 Å². The number of hydrogen-bond acceptors (Lipinski definition) is 5. The average Bonchev–Trinajstić information content (AvgIpc) is 3.62. The zero-order valence-electron chi connectivity index (χ0n) is 22.6. The zero-order chi connectivity index (χ0) is 27.4. The van der Waals surface area contributed by atoms with Crippen molar-refractivity contribution < 1.29 is 23.2 Å². The Kier molecular flexibility index (Phi) is 7.87. The molecule has 0 aliphatic carbocycles. The number of nitrogens with one attached hydrogen (secondary N) is 1. The first-order valence-electron chi connectivity index (χ1n) is 13.4. The summed E-state index contributed by atoms with van der Waals surface area (Å²) in [7, 11) is 0. The number of carbonyl (C=O) groups excluding carboxylic acids is 2. The highest BCUT2D eigenvalue weighted by Gasteiger charge is 2.32. The van der Waals surface area contributed by atoms with E-state index in [1.165, 1.54) is 11.1 Å². The molecule has 3 heterocycles. The fourth-order valence-corrected chi connectivity index (χ4v) is 4.93. The van der Waals surface area contributed by atoms with Crippen molar-refractivity contribution in [1.82, 2.24) is 10.2 Å². The topological polar surface area (TPSA) is 84.9 Å². The number of amides is 2. The van der Waals surface area contributed by atoms with E-state index in [9.17, 15) is 9.59 Å². The van der Waals surface area contributed by atoms with Gasteiger partial charge in [-0.3, -0.25) is 9.59 Å². The van der Waals surface area contributed by atoms with Crippen molar-refractivity contribution in [3.05, 3.63) is 113 Å². The van der Waals surface area contributed by atoms with E-state index in [0.717, 1.165) is 17.5 Å². The summed E-state index contributed by atoms with van der Waals surface area (Å²) in [5, 5.41) is 2.77. The van der Waals surface area contributed by atoms with Gasteiger partial charge in [0.05, 0.1) is 18.8 Å². The molecule has 7 heteroatoms. The maximum atomic E-state index is 13.3. The van der Waals surface area contributed by atoms with Crippen LogP contribution < -0.4 is 10.1 Å². The molecule has 4 aromatic rings. The number of fused-ring (bicyclic) bond motifs is 1. The van der Waals surface area contributed by atoms with Crippen LogP contribution in [0.3, 0.4) is 0 Å². The normalized spacial score (nSPS) is 14.8. The molecule has 2 aromatic carbocycles. The van der Waals surface area contributed by atoms with E-state index in [2.05, 4.69) is 56.4 Å². The summed E-state index contributed by atoms with van der Waals surface area (Å²) >= 11 is 0. The average molecular weight is 527 g/mol. The van der Waals surface area contributed by atoms with Gasteiger partial charge in [-0.25, -0.2) is 0 Å². The minimum absolute atomic E-state index is 0.168. The van der Waals surface area contributed by atoms with Crippen LogP contribution in [0.1, 0.15) is 70.6 Å². The van der Waals surface area contributed by atoms with Crippen molar-refractivity contribution in [3.8, 4) is 5.75 Å². The van der Waals surface area contributed by atoms with Crippen LogP contribution >= 0.6 is 0 Å². The molecular weight excluding hydrogens is 492 g/mol. The van der Waals surface area contributed by atoms with Crippen LogP contribution in [-0.4, -0.2) is 23.3 Å². The Morgan fingerprint density at radius 3 is 2.62 bits per heavy atom. The largest absolute Gasteiger partial charge is 0.486 e. The Bertz CT molecular complexity index is 1420. The molecule has 0 fully saturated rings. The summed E-state index contributed by atoms with van der Waals surface area (Å²) in [6, 6.07) is 21.3. The number of nitrogens with zero attached hydrogens (tertiary/aromatic N) is 1. The van der Waals surface area contributed by atoms with Crippen LogP contribution in [0, 0.1) is 12.8 Å². The number of aryl methyl sites for hydroxylation is 1. The molecule has 5 rings (SSSR count). The highest BCUT2D eigenvalue weighted by atomic mass is 16.5. The van der Waals surface area contributed by atoms with Gasteiger partial charge in [-0.1, -0.05) is 49.7 Å². The van der Waals surface area contributed by atoms with E-state index in [4.69, 9.17) is 13.6 Å². The molecule has 2 aromatic heterocycles. The highest BCUT2D eigenvalue weighted by molar-refractivity contribution is 5.91. The lowest BCUT2D eigenvalue weighted by molar-refractivity contribution is -0.134. The molecule has 2 amide bonds. The van der Waals surface area contributed by atoms with Crippen molar-refractivity contribution in [3.63, 3.8) is 0 Å². The van der Waals surface area contributed by atoms with E-state index >= 15 is 0 Å². The summed E-state index contributed by atoms with van der Waals surface area (Å²) < 4.78 is 17.0. The Morgan fingerprint density at radius 2 is 1.87 bits per heavy atom. The number of benzene rings is 2. The molecule has 1 aliphatic rings. The Labute approximate surface area is 228 Å². The van der Waals surface area contributed by atoms with Gasteiger partial charge in [-0.2, -0.15) is 0 Å². The molecule has 1 N–H and O–H groups in total. The van der Waals surface area contributed by atoms with Crippen molar-refractivity contribution >= 4 is 11.8 Å². The quantitative estimate of drug-likeness (QED) is 0.280. The van der Waals surface area contributed by atoms with Gasteiger partial charge < -0.3 is 23.8 Å². The van der Waals surface area contributed by atoms with Crippen molar-refractivity contribution in [2.24, 2.45) is 5.92 Å². The molecule has 1 atom stereocenters. The van der Waals surface area contributed by atoms with Gasteiger partial charge in [0.2, 0.25) is 5.91 Å². The summed E-state index contributed by atoms with van der Waals surface area (Å²) in [5.74, 6) is 2.24. The van der Waals surface area contributed by atoms with E-state index in [1.54, 1.807) is 30.5 Å². The zero-order valence-corrected chi connectivity index (χ0v) is 22.6. The number of hydrogen-bond donors (Lipinski definition) is 1. The third-order valence-corrected chi connectivity index (χ3v) is 6.91. The van der Waals surface area contributed by atoms with Gasteiger partial charge in [-0.15, -0.1) is 0 Å². The molecule has 202 valence electrons. The SMILES string of the molecule is Cc1ccc(C2c3cc(OCc4ccc(C(=O)NCc5ccco5)o4)ccc3CCN2C(=O)CC(C)C)cc1. The monoisotopic (exact) mass is 526 g/mol. The lowest BCUT2D eigenvalue weighted by Crippen LogP contribution is -2.41. The highest BCUT2D eigenvalue weighted by Crippen LogP contribution is 2.38. The number of carbonyl (C=O) groups is 2. The Morgan fingerprint density at radius 1 is 1.05 bits per heavy atom. The van der Waals surface area contributed by atoms with Gasteiger partial charge >= 0.3 is 0 Å².